The van der Waals surface area contributed by atoms with Crippen LogP contribution in [0.5, 0.6) is 0 Å². The number of carbonyl (C=O) groups excluding carboxylic acids is 1. The molecule has 0 aliphatic carbocycles. The minimum Gasteiger partial charge on any atom is -0.321 e. The molecular formula is C16H9ClN2OS. The van der Waals surface area contributed by atoms with E-state index in [1.807, 2.05) is 35.7 Å². The number of anilines is 1. The Bertz CT molecular complexity index is 879. The first-order valence-electron chi connectivity index (χ1n) is 6.16. The van der Waals surface area contributed by atoms with Gasteiger partial charge in [0.15, 0.2) is 0 Å². The van der Waals surface area contributed by atoms with Crippen molar-refractivity contribution in [3.63, 3.8) is 0 Å². The van der Waals surface area contributed by atoms with E-state index in [1.54, 1.807) is 18.2 Å². The van der Waals surface area contributed by atoms with Gasteiger partial charge in [-0.3, -0.25) is 4.79 Å². The van der Waals surface area contributed by atoms with Crippen molar-refractivity contribution in [3.05, 3.63) is 64.0 Å². The van der Waals surface area contributed by atoms with Crippen LogP contribution in [0, 0.1) is 11.3 Å². The Morgan fingerprint density at radius 1 is 1.24 bits per heavy atom. The fourth-order valence-corrected chi connectivity index (χ4v) is 3.14. The minimum atomic E-state index is -0.232. The van der Waals surface area contributed by atoms with Crippen LogP contribution in [0.15, 0.2) is 47.8 Å². The summed E-state index contributed by atoms with van der Waals surface area (Å²) in [5, 5.41) is 14.8. The second-order valence-corrected chi connectivity index (χ2v) is 5.72. The smallest absolute Gasteiger partial charge is 0.257 e. The maximum atomic E-state index is 12.4. The third-order valence-electron chi connectivity index (χ3n) is 3.07. The highest BCUT2D eigenvalue weighted by atomic mass is 35.5. The second-order valence-electron chi connectivity index (χ2n) is 4.41. The van der Waals surface area contributed by atoms with Crippen molar-refractivity contribution in [2.45, 2.75) is 0 Å². The number of thiophene rings is 1. The number of benzene rings is 2. The van der Waals surface area contributed by atoms with E-state index >= 15 is 0 Å². The molecule has 102 valence electrons. The van der Waals surface area contributed by atoms with Crippen molar-refractivity contribution in [1.29, 1.82) is 5.26 Å². The molecule has 1 N–H and O–H groups in total. The average Bonchev–Trinajstić information content (AvgIpc) is 2.93. The fraction of sp³-hybridized carbons (Fsp3) is 0. The van der Waals surface area contributed by atoms with Crippen LogP contribution in [-0.2, 0) is 0 Å². The first-order chi connectivity index (χ1) is 10.2. The van der Waals surface area contributed by atoms with Crippen molar-refractivity contribution in [2.75, 3.05) is 5.32 Å². The molecule has 0 aliphatic rings. The summed E-state index contributed by atoms with van der Waals surface area (Å²) in [7, 11) is 0. The highest BCUT2D eigenvalue weighted by Crippen LogP contribution is 2.28. The van der Waals surface area contributed by atoms with Gasteiger partial charge in [-0.25, -0.2) is 0 Å². The summed E-state index contributed by atoms with van der Waals surface area (Å²) < 4.78 is 1.06. The molecular weight excluding hydrogens is 304 g/mol. The van der Waals surface area contributed by atoms with Gasteiger partial charge in [-0.2, -0.15) is 5.26 Å². The number of hydrogen-bond acceptors (Lipinski definition) is 3. The number of nitrogens with zero attached hydrogens (tertiary/aromatic N) is 1. The Labute approximate surface area is 130 Å². The van der Waals surface area contributed by atoms with E-state index in [0.717, 1.165) is 10.1 Å². The number of nitriles is 1. The van der Waals surface area contributed by atoms with E-state index in [4.69, 9.17) is 16.9 Å². The van der Waals surface area contributed by atoms with Crippen LogP contribution in [-0.4, -0.2) is 5.91 Å². The van der Waals surface area contributed by atoms with E-state index in [2.05, 4.69) is 5.32 Å². The molecule has 3 aromatic rings. The number of nitrogens with one attached hydrogen (secondary N) is 1. The zero-order chi connectivity index (χ0) is 14.8. The predicted octanol–water partition coefficient (Wildman–Crippen LogP) is 4.68. The summed E-state index contributed by atoms with van der Waals surface area (Å²) in [5.74, 6) is -0.232. The van der Waals surface area contributed by atoms with Crippen LogP contribution in [0.3, 0.4) is 0 Å². The van der Waals surface area contributed by atoms with Gasteiger partial charge in [0, 0.05) is 15.5 Å². The van der Waals surface area contributed by atoms with E-state index < -0.39 is 0 Å². The average molecular weight is 313 g/mol. The summed E-state index contributed by atoms with van der Waals surface area (Å²) in [5.41, 5.74) is 1.50. The number of carbonyl (C=O) groups is 1. The molecule has 0 atom stereocenters. The number of fused-ring (bicyclic) bond motifs is 1. The molecule has 0 aliphatic heterocycles. The SMILES string of the molecule is N#Cc1ccc(Cl)c(NC(=O)c2csc3ccccc23)c1. The van der Waals surface area contributed by atoms with Gasteiger partial charge < -0.3 is 5.32 Å². The topological polar surface area (TPSA) is 52.9 Å². The molecule has 0 saturated carbocycles. The number of rotatable bonds is 2. The van der Waals surface area contributed by atoms with Gasteiger partial charge in [-0.1, -0.05) is 29.8 Å². The molecule has 0 radical (unpaired) electrons. The number of halogens is 1. The lowest BCUT2D eigenvalue weighted by atomic mass is 10.1. The third kappa shape index (κ3) is 2.62. The fourth-order valence-electron chi connectivity index (χ4n) is 2.03. The van der Waals surface area contributed by atoms with Gasteiger partial charge in [0.1, 0.15) is 0 Å². The van der Waals surface area contributed by atoms with Crippen LogP contribution >= 0.6 is 22.9 Å². The third-order valence-corrected chi connectivity index (χ3v) is 4.36. The zero-order valence-electron chi connectivity index (χ0n) is 10.8. The van der Waals surface area contributed by atoms with Crippen molar-refractivity contribution in [1.82, 2.24) is 0 Å². The van der Waals surface area contributed by atoms with E-state index in [-0.39, 0.29) is 5.91 Å². The molecule has 21 heavy (non-hydrogen) atoms. The molecule has 1 heterocycles. The molecule has 0 unspecified atom stereocenters. The number of amides is 1. The maximum Gasteiger partial charge on any atom is 0.257 e. The highest BCUT2D eigenvalue weighted by molar-refractivity contribution is 7.17. The Kier molecular flexibility index (Phi) is 3.61. The first kappa shape index (κ1) is 13.6. The summed E-state index contributed by atoms with van der Waals surface area (Å²) in [6.45, 7) is 0. The summed E-state index contributed by atoms with van der Waals surface area (Å²) >= 11 is 7.57. The molecule has 0 saturated heterocycles. The van der Waals surface area contributed by atoms with Crippen LogP contribution in [0.4, 0.5) is 5.69 Å². The van der Waals surface area contributed by atoms with Gasteiger partial charge >= 0.3 is 0 Å². The van der Waals surface area contributed by atoms with Crippen molar-refractivity contribution < 1.29 is 4.79 Å². The molecule has 0 spiro atoms. The Hall–Kier alpha value is -2.35. The quantitative estimate of drug-likeness (QED) is 0.747. The minimum absolute atomic E-state index is 0.232. The Morgan fingerprint density at radius 2 is 2.05 bits per heavy atom. The summed E-state index contributed by atoms with van der Waals surface area (Å²) in [6.07, 6.45) is 0. The standard InChI is InChI=1S/C16H9ClN2OS/c17-13-6-5-10(8-18)7-14(13)19-16(20)12-9-21-15-4-2-1-3-11(12)15/h1-7,9H,(H,19,20). The second kappa shape index (κ2) is 5.57. The van der Waals surface area contributed by atoms with Crippen LogP contribution in [0.2, 0.25) is 5.02 Å². The predicted molar refractivity (Wildman–Crippen MR) is 85.9 cm³/mol. The van der Waals surface area contributed by atoms with E-state index in [0.29, 0.717) is 21.8 Å². The molecule has 0 bridgehead atoms. The van der Waals surface area contributed by atoms with E-state index in [9.17, 15) is 4.79 Å². The molecule has 3 nitrogen and oxygen atoms in total. The largest absolute Gasteiger partial charge is 0.321 e. The van der Waals surface area contributed by atoms with Crippen LogP contribution < -0.4 is 5.32 Å². The normalized spacial score (nSPS) is 10.3. The number of hydrogen-bond donors (Lipinski definition) is 1. The molecule has 5 heteroatoms. The van der Waals surface area contributed by atoms with Gasteiger partial charge in [-0.15, -0.1) is 11.3 Å². The molecule has 3 rings (SSSR count). The summed E-state index contributed by atoms with van der Waals surface area (Å²) in [6, 6.07) is 14.5. The van der Waals surface area contributed by atoms with Crippen molar-refractivity contribution >= 4 is 44.6 Å². The Balaban J connectivity index is 1.95. The van der Waals surface area contributed by atoms with Gasteiger partial charge in [0.05, 0.1) is 27.9 Å². The first-order valence-corrected chi connectivity index (χ1v) is 7.42. The van der Waals surface area contributed by atoms with Crippen molar-refractivity contribution in [3.8, 4) is 6.07 Å². The van der Waals surface area contributed by atoms with Crippen LogP contribution in [0.1, 0.15) is 15.9 Å². The van der Waals surface area contributed by atoms with Crippen LogP contribution in [0.25, 0.3) is 10.1 Å². The monoisotopic (exact) mass is 312 g/mol. The van der Waals surface area contributed by atoms with Gasteiger partial charge in [0.25, 0.3) is 5.91 Å². The van der Waals surface area contributed by atoms with Gasteiger partial charge in [-0.05, 0) is 24.3 Å². The van der Waals surface area contributed by atoms with E-state index in [1.165, 1.54) is 11.3 Å². The zero-order valence-corrected chi connectivity index (χ0v) is 12.3. The Morgan fingerprint density at radius 3 is 2.86 bits per heavy atom. The molecule has 1 aromatic heterocycles. The lowest BCUT2D eigenvalue weighted by Gasteiger charge is -2.07. The molecule has 0 fully saturated rings. The lowest BCUT2D eigenvalue weighted by molar-refractivity contribution is 0.102. The van der Waals surface area contributed by atoms with Crippen molar-refractivity contribution in [2.24, 2.45) is 0 Å². The summed E-state index contributed by atoms with van der Waals surface area (Å²) in [4.78, 5) is 12.4. The lowest BCUT2D eigenvalue weighted by Crippen LogP contribution is -2.11. The molecule has 2 aromatic carbocycles. The maximum absolute atomic E-state index is 12.4. The van der Waals surface area contributed by atoms with Gasteiger partial charge in [0.2, 0.25) is 0 Å². The highest BCUT2D eigenvalue weighted by Gasteiger charge is 2.13. The molecule has 1 amide bonds.